The molecule has 0 saturated heterocycles. The first kappa shape index (κ1) is 15.6. The number of benzene rings is 3. The lowest BCUT2D eigenvalue weighted by molar-refractivity contribution is 1.22. The Labute approximate surface area is 159 Å². The molecule has 0 amide bonds. The molecule has 1 aliphatic rings. The van der Waals surface area contributed by atoms with E-state index in [2.05, 4.69) is 94.8 Å². The molecule has 3 aromatic carbocycles. The van der Waals surface area contributed by atoms with E-state index >= 15 is 0 Å². The van der Waals surface area contributed by atoms with Gasteiger partial charge in [-0.05, 0) is 47.5 Å². The van der Waals surface area contributed by atoms with Gasteiger partial charge in [0.05, 0.1) is 17.1 Å². The van der Waals surface area contributed by atoms with Gasteiger partial charge in [-0.1, -0.05) is 66.7 Å². The molecule has 2 heterocycles. The SMILES string of the molecule is C1=C(c2ccccn2)N(c2ccccc2)c2ccccc2-c2ccccc21. The normalized spacial score (nSPS) is 12.6. The Hall–Kier alpha value is -3.65. The maximum atomic E-state index is 4.66. The molecule has 2 nitrogen and oxygen atoms in total. The van der Waals surface area contributed by atoms with E-state index in [0.29, 0.717) is 0 Å². The van der Waals surface area contributed by atoms with Crippen molar-refractivity contribution in [1.82, 2.24) is 4.98 Å². The lowest BCUT2D eigenvalue weighted by Gasteiger charge is -2.28. The Morgan fingerprint density at radius 3 is 2.11 bits per heavy atom. The fourth-order valence-corrected chi connectivity index (χ4v) is 3.66. The summed E-state index contributed by atoms with van der Waals surface area (Å²) in [5, 5.41) is 0. The van der Waals surface area contributed by atoms with Crippen LogP contribution in [0.15, 0.2) is 103 Å². The van der Waals surface area contributed by atoms with Crippen LogP contribution >= 0.6 is 0 Å². The maximum Gasteiger partial charge on any atom is 0.0870 e. The predicted molar refractivity (Wildman–Crippen MR) is 113 cm³/mol. The first-order chi connectivity index (χ1) is 13.4. The lowest BCUT2D eigenvalue weighted by atomic mass is 9.99. The molecule has 0 unspecified atom stereocenters. The third-order valence-corrected chi connectivity index (χ3v) is 4.87. The average molecular weight is 346 g/mol. The number of aromatic nitrogens is 1. The Bertz CT molecular complexity index is 1120. The van der Waals surface area contributed by atoms with Gasteiger partial charge in [-0.3, -0.25) is 4.98 Å². The average Bonchev–Trinajstić information content (AvgIpc) is 2.90. The zero-order valence-electron chi connectivity index (χ0n) is 14.8. The molecule has 27 heavy (non-hydrogen) atoms. The van der Waals surface area contributed by atoms with Gasteiger partial charge in [-0.15, -0.1) is 0 Å². The Morgan fingerprint density at radius 2 is 1.30 bits per heavy atom. The molecule has 0 N–H and O–H groups in total. The molecule has 2 heteroatoms. The molecule has 4 aromatic rings. The highest BCUT2D eigenvalue weighted by Gasteiger charge is 2.24. The molecule has 1 aromatic heterocycles. The number of hydrogen-bond donors (Lipinski definition) is 0. The van der Waals surface area contributed by atoms with Crippen LogP contribution in [-0.2, 0) is 0 Å². The molecule has 0 fully saturated rings. The molecule has 0 aliphatic carbocycles. The number of nitrogens with zero attached hydrogens (tertiary/aromatic N) is 2. The topological polar surface area (TPSA) is 16.1 Å². The van der Waals surface area contributed by atoms with E-state index in [0.717, 1.165) is 22.8 Å². The van der Waals surface area contributed by atoms with Crippen molar-refractivity contribution < 1.29 is 0 Å². The van der Waals surface area contributed by atoms with Gasteiger partial charge in [0.15, 0.2) is 0 Å². The molecule has 0 atom stereocenters. The van der Waals surface area contributed by atoms with Crippen molar-refractivity contribution in [3.05, 3.63) is 115 Å². The molecule has 0 saturated carbocycles. The fourth-order valence-electron chi connectivity index (χ4n) is 3.66. The Morgan fingerprint density at radius 1 is 0.593 bits per heavy atom. The van der Waals surface area contributed by atoms with Crippen molar-refractivity contribution in [2.45, 2.75) is 0 Å². The van der Waals surface area contributed by atoms with Crippen molar-refractivity contribution in [1.29, 1.82) is 0 Å². The first-order valence-corrected chi connectivity index (χ1v) is 9.08. The second-order valence-corrected chi connectivity index (χ2v) is 6.52. The first-order valence-electron chi connectivity index (χ1n) is 9.08. The molecular formula is C25H18N2. The van der Waals surface area contributed by atoms with Crippen LogP contribution < -0.4 is 4.90 Å². The molecule has 0 bridgehead atoms. The van der Waals surface area contributed by atoms with Gasteiger partial charge >= 0.3 is 0 Å². The second kappa shape index (κ2) is 6.58. The van der Waals surface area contributed by atoms with Crippen molar-refractivity contribution in [3.8, 4) is 11.1 Å². The van der Waals surface area contributed by atoms with E-state index in [4.69, 9.17) is 0 Å². The van der Waals surface area contributed by atoms with Gasteiger partial charge in [-0.2, -0.15) is 0 Å². The summed E-state index contributed by atoms with van der Waals surface area (Å²) in [6.45, 7) is 0. The highest BCUT2D eigenvalue weighted by atomic mass is 15.2. The van der Waals surface area contributed by atoms with E-state index in [1.54, 1.807) is 0 Å². The fraction of sp³-hybridized carbons (Fsp3) is 0. The molecule has 0 radical (unpaired) electrons. The number of anilines is 2. The molecule has 128 valence electrons. The zero-order valence-corrected chi connectivity index (χ0v) is 14.8. The van der Waals surface area contributed by atoms with Crippen molar-refractivity contribution >= 4 is 23.1 Å². The van der Waals surface area contributed by atoms with Crippen LogP contribution in [0, 0.1) is 0 Å². The lowest BCUT2D eigenvalue weighted by Crippen LogP contribution is -2.16. The standard InChI is InChI=1S/C25H18N2/c1-2-11-20(12-3-1)27-24-16-7-6-14-22(24)21-13-5-4-10-19(21)18-25(27)23-15-8-9-17-26-23/h1-18H. The third-order valence-electron chi connectivity index (χ3n) is 4.87. The van der Waals surface area contributed by atoms with E-state index in [-0.39, 0.29) is 0 Å². The minimum atomic E-state index is 0.952. The highest BCUT2D eigenvalue weighted by molar-refractivity contribution is 6.03. The van der Waals surface area contributed by atoms with Crippen LogP contribution in [-0.4, -0.2) is 4.98 Å². The van der Waals surface area contributed by atoms with Gasteiger partial charge in [0.2, 0.25) is 0 Å². The van der Waals surface area contributed by atoms with E-state index in [1.165, 1.54) is 16.7 Å². The minimum absolute atomic E-state index is 0.952. The highest BCUT2D eigenvalue weighted by Crippen LogP contribution is 2.44. The van der Waals surface area contributed by atoms with Gasteiger partial charge in [0.1, 0.15) is 0 Å². The Kier molecular flexibility index (Phi) is 3.80. The summed E-state index contributed by atoms with van der Waals surface area (Å²) in [7, 11) is 0. The number of rotatable bonds is 2. The quantitative estimate of drug-likeness (QED) is 0.417. The summed E-state index contributed by atoms with van der Waals surface area (Å²) in [6.07, 6.45) is 4.09. The molecule has 5 rings (SSSR count). The zero-order chi connectivity index (χ0) is 18.1. The van der Waals surface area contributed by atoms with Crippen molar-refractivity contribution in [2.24, 2.45) is 0 Å². The summed E-state index contributed by atoms with van der Waals surface area (Å²) < 4.78 is 0. The number of hydrogen-bond acceptors (Lipinski definition) is 2. The summed E-state index contributed by atoms with van der Waals surface area (Å²) in [4.78, 5) is 6.96. The number of fused-ring (bicyclic) bond motifs is 3. The molecule has 1 aliphatic heterocycles. The van der Waals surface area contributed by atoms with Crippen LogP contribution in [0.2, 0.25) is 0 Å². The van der Waals surface area contributed by atoms with Crippen molar-refractivity contribution in [3.63, 3.8) is 0 Å². The van der Waals surface area contributed by atoms with Crippen LogP contribution in [0.1, 0.15) is 11.3 Å². The van der Waals surface area contributed by atoms with Gasteiger partial charge in [0.25, 0.3) is 0 Å². The van der Waals surface area contributed by atoms with E-state index in [1.807, 2.05) is 24.4 Å². The van der Waals surface area contributed by atoms with E-state index < -0.39 is 0 Å². The van der Waals surface area contributed by atoms with Crippen LogP contribution in [0.5, 0.6) is 0 Å². The van der Waals surface area contributed by atoms with Crippen LogP contribution in [0.25, 0.3) is 22.9 Å². The van der Waals surface area contributed by atoms with Crippen molar-refractivity contribution in [2.75, 3.05) is 4.90 Å². The Balaban J connectivity index is 1.86. The molecular weight excluding hydrogens is 328 g/mol. The summed E-state index contributed by atoms with van der Waals surface area (Å²) in [5.74, 6) is 0. The predicted octanol–water partition coefficient (Wildman–Crippen LogP) is 6.40. The third kappa shape index (κ3) is 2.72. The summed E-state index contributed by atoms with van der Waals surface area (Å²) in [5.41, 5.74) is 7.95. The minimum Gasteiger partial charge on any atom is -0.308 e. The van der Waals surface area contributed by atoms with Crippen LogP contribution in [0.4, 0.5) is 11.4 Å². The largest absolute Gasteiger partial charge is 0.308 e. The van der Waals surface area contributed by atoms with Gasteiger partial charge < -0.3 is 4.90 Å². The summed E-state index contributed by atoms with van der Waals surface area (Å²) >= 11 is 0. The monoisotopic (exact) mass is 346 g/mol. The van der Waals surface area contributed by atoms with Crippen LogP contribution in [0.3, 0.4) is 0 Å². The number of para-hydroxylation sites is 2. The van der Waals surface area contributed by atoms with E-state index in [9.17, 15) is 0 Å². The summed E-state index contributed by atoms with van der Waals surface area (Å²) in [6, 6.07) is 33.7. The maximum absolute atomic E-state index is 4.66. The number of pyridine rings is 1. The molecule has 0 spiro atoms. The smallest absolute Gasteiger partial charge is 0.0870 e. The van der Waals surface area contributed by atoms with Gasteiger partial charge in [-0.25, -0.2) is 0 Å². The second-order valence-electron chi connectivity index (χ2n) is 6.52. The van der Waals surface area contributed by atoms with Gasteiger partial charge in [0, 0.05) is 17.4 Å².